The van der Waals surface area contributed by atoms with Crippen molar-refractivity contribution >= 4 is 5.97 Å². The van der Waals surface area contributed by atoms with E-state index in [-0.39, 0.29) is 18.1 Å². The number of ether oxygens (including phenoxy) is 1. The number of carbonyl (C=O) groups excluding carboxylic acids is 1. The van der Waals surface area contributed by atoms with Gasteiger partial charge in [-0.25, -0.2) is 0 Å². The number of morpholine rings is 1. The second kappa shape index (κ2) is 2.21. The second-order valence-corrected chi connectivity index (χ2v) is 3.60. The van der Waals surface area contributed by atoms with Gasteiger partial charge in [0.05, 0.1) is 0 Å². The maximum atomic E-state index is 11.1. The zero-order valence-electron chi connectivity index (χ0n) is 6.91. The Morgan fingerprint density at radius 2 is 2.36 bits per heavy atom. The lowest BCUT2D eigenvalue weighted by Gasteiger charge is -2.28. The predicted octanol–water partition coefficient (Wildman–Crippen LogP) is 0.395. The first-order valence-electron chi connectivity index (χ1n) is 4.14. The van der Waals surface area contributed by atoms with Gasteiger partial charge in [-0.1, -0.05) is 0 Å². The van der Waals surface area contributed by atoms with Crippen molar-refractivity contribution < 1.29 is 9.53 Å². The maximum Gasteiger partial charge on any atom is 0.323 e. The number of hydrogen-bond acceptors (Lipinski definition) is 3. The molecular weight excluding hydrogens is 142 g/mol. The standard InChI is InChI=1S/C8H13NO2/c1-5(2)9-4-6-3-7(9)8(10)11-6/h5-7H,3-4H2,1-2H3/t6-,7-/m0/s1. The fraction of sp³-hybridized carbons (Fsp3) is 0.875. The van der Waals surface area contributed by atoms with E-state index < -0.39 is 0 Å². The number of hydrogen-bond donors (Lipinski definition) is 0. The maximum absolute atomic E-state index is 11.1. The van der Waals surface area contributed by atoms with E-state index in [9.17, 15) is 4.79 Å². The van der Waals surface area contributed by atoms with E-state index in [1.165, 1.54) is 0 Å². The van der Waals surface area contributed by atoms with Crippen molar-refractivity contribution in [3.8, 4) is 0 Å². The highest BCUT2D eigenvalue weighted by Crippen LogP contribution is 2.30. The van der Waals surface area contributed by atoms with E-state index in [2.05, 4.69) is 18.7 Å². The highest BCUT2D eigenvalue weighted by molar-refractivity contribution is 5.79. The van der Waals surface area contributed by atoms with Crippen molar-refractivity contribution in [1.82, 2.24) is 4.90 Å². The molecule has 2 rings (SSSR count). The molecule has 2 heterocycles. The summed E-state index contributed by atoms with van der Waals surface area (Å²) in [5.41, 5.74) is 0. The number of fused-ring (bicyclic) bond motifs is 2. The van der Waals surface area contributed by atoms with E-state index in [1.54, 1.807) is 0 Å². The van der Waals surface area contributed by atoms with Gasteiger partial charge in [0.15, 0.2) is 0 Å². The molecule has 3 nitrogen and oxygen atoms in total. The van der Waals surface area contributed by atoms with Crippen LogP contribution in [0.2, 0.25) is 0 Å². The molecule has 0 aliphatic carbocycles. The second-order valence-electron chi connectivity index (χ2n) is 3.60. The van der Waals surface area contributed by atoms with Crippen molar-refractivity contribution in [2.24, 2.45) is 0 Å². The average Bonchev–Trinajstić information content (AvgIpc) is 2.43. The Labute approximate surface area is 66.3 Å². The molecule has 2 fully saturated rings. The number of likely N-dealkylation sites (tertiary alicyclic amines) is 1. The van der Waals surface area contributed by atoms with Crippen LogP contribution in [0.25, 0.3) is 0 Å². The molecule has 0 saturated carbocycles. The Hall–Kier alpha value is -0.570. The molecule has 2 atom stereocenters. The Kier molecular flexibility index (Phi) is 1.42. The lowest BCUT2D eigenvalue weighted by molar-refractivity contribution is -0.152. The van der Waals surface area contributed by atoms with E-state index in [0.717, 1.165) is 13.0 Å². The van der Waals surface area contributed by atoms with Crippen LogP contribution in [-0.4, -0.2) is 35.6 Å². The molecule has 2 aliphatic rings. The summed E-state index contributed by atoms with van der Waals surface area (Å²) in [6.07, 6.45) is 1.10. The van der Waals surface area contributed by atoms with Gasteiger partial charge in [0.2, 0.25) is 0 Å². The van der Waals surface area contributed by atoms with Crippen LogP contribution in [0.5, 0.6) is 0 Å². The van der Waals surface area contributed by atoms with Crippen molar-refractivity contribution in [3.63, 3.8) is 0 Å². The molecule has 0 spiro atoms. The molecular formula is C8H13NO2. The van der Waals surface area contributed by atoms with Gasteiger partial charge >= 0.3 is 5.97 Å². The van der Waals surface area contributed by atoms with Crippen molar-refractivity contribution in [3.05, 3.63) is 0 Å². The van der Waals surface area contributed by atoms with E-state index >= 15 is 0 Å². The Balaban J connectivity index is 2.12. The van der Waals surface area contributed by atoms with Crippen LogP contribution in [0.1, 0.15) is 20.3 Å². The quantitative estimate of drug-likeness (QED) is 0.513. The lowest BCUT2D eigenvalue weighted by atomic mass is 10.2. The summed E-state index contributed by atoms with van der Waals surface area (Å²) >= 11 is 0. The largest absolute Gasteiger partial charge is 0.460 e. The van der Waals surface area contributed by atoms with Crippen LogP contribution in [0.3, 0.4) is 0 Å². The Morgan fingerprint density at radius 3 is 2.73 bits per heavy atom. The van der Waals surface area contributed by atoms with Crippen molar-refractivity contribution in [2.45, 2.75) is 38.5 Å². The Bertz CT molecular complexity index is 191. The molecule has 2 bridgehead atoms. The van der Waals surface area contributed by atoms with Gasteiger partial charge in [-0.2, -0.15) is 0 Å². The zero-order chi connectivity index (χ0) is 8.01. The fourth-order valence-electron chi connectivity index (χ4n) is 1.95. The SMILES string of the molecule is CC(C)N1C[C@@H]2C[C@H]1C(=O)O2. The van der Waals surface area contributed by atoms with Crippen LogP contribution in [-0.2, 0) is 9.53 Å². The fourth-order valence-corrected chi connectivity index (χ4v) is 1.95. The number of esters is 1. The molecule has 11 heavy (non-hydrogen) atoms. The topological polar surface area (TPSA) is 29.5 Å². The normalized spacial score (nSPS) is 36.8. The van der Waals surface area contributed by atoms with Crippen LogP contribution in [0.4, 0.5) is 0 Å². The van der Waals surface area contributed by atoms with Crippen LogP contribution in [0, 0.1) is 0 Å². The minimum atomic E-state index is -0.0186. The van der Waals surface area contributed by atoms with E-state index in [1.807, 2.05) is 0 Å². The van der Waals surface area contributed by atoms with Gasteiger partial charge in [-0.15, -0.1) is 0 Å². The van der Waals surface area contributed by atoms with Gasteiger partial charge in [0.1, 0.15) is 12.1 Å². The molecule has 0 aromatic rings. The monoisotopic (exact) mass is 155 g/mol. The summed E-state index contributed by atoms with van der Waals surface area (Å²) in [5, 5.41) is 0. The van der Waals surface area contributed by atoms with Crippen molar-refractivity contribution in [2.75, 3.05) is 6.54 Å². The van der Waals surface area contributed by atoms with Gasteiger partial charge in [-0.3, -0.25) is 9.69 Å². The highest BCUT2D eigenvalue weighted by atomic mass is 16.6. The third kappa shape index (κ3) is 0.948. The molecule has 62 valence electrons. The molecule has 2 saturated heterocycles. The van der Waals surface area contributed by atoms with Gasteiger partial charge in [0, 0.05) is 19.0 Å². The number of rotatable bonds is 1. The first kappa shape index (κ1) is 7.10. The Morgan fingerprint density at radius 1 is 1.64 bits per heavy atom. The summed E-state index contributed by atoms with van der Waals surface area (Å²) in [7, 11) is 0. The molecule has 0 radical (unpaired) electrons. The minimum Gasteiger partial charge on any atom is -0.460 e. The van der Waals surface area contributed by atoms with Crippen LogP contribution < -0.4 is 0 Å². The number of carbonyl (C=O) groups is 1. The summed E-state index contributed by atoms with van der Waals surface area (Å²) in [6.45, 7) is 5.18. The van der Waals surface area contributed by atoms with Crippen molar-refractivity contribution in [1.29, 1.82) is 0 Å². The van der Waals surface area contributed by atoms with Gasteiger partial charge in [-0.05, 0) is 13.8 Å². The summed E-state index contributed by atoms with van der Waals surface area (Å²) in [5.74, 6) is -0.0186. The van der Waals surface area contributed by atoms with Crippen LogP contribution in [0.15, 0.2) is 0 Å². The molecule has 3 heteroatoms. The van der Waals surface area contributed by atoms with Gasteiger partial charge < -0.3 is 4.74 Å². The number of nitrogens with zero attached hydrogens (tertiary/aromatic N) is 1. The van der Waals surface area contributed by atoms with Gasteiger partial charge in [0.25, 0.3) is 0 Å². The molecule has 0 amide bonds. The summed E-state index contributed by atoms with van der Waals surface area (Å²) < 4.78 is 5.06. The molecule has 0 unspecified atom stereocenters. The molecule has 0 aromatic heterocycles. The third-order valence-electron chi connectivity index (χ3n) is 2.52. The first-order chi connectivity index (χ1) is 5.18. The smallest absolute Gasteiger partial charge is 0.323 e. The summed E-state index contributed by atoms with van der Waals surface area (Å²) in [6, 6.07) is 0.540. The van der Waals surface area contributed by atoms with E-state index in [4.69, 9.17) is 4.74 Å². The predicted molar refractivity (Wildman–Crippen MR) is 40.1 cm³/mol. The minimum absolute atomic E-state index is 0.0186. The average molecular weight is 155 g/mol. The highest BCUT2D eigenvalue weighted by Gasteiger charge is 2.46. The van der Waals surface area contributed by atoms with E-state index in [0.29, 0.717) is 6.04 Å². The zero-order valence-corrected chi connectivity index (χ0v) is 6.91. The molecule has 0 aromatic carbocycles. The summed E-state index contributed by atoms with van der Waals surface area (Å²) in [4.78, 5) is 13.3. The third-order valence-corrected chi connectivity index (χ3v) is 2.52. The van der Waals surface area contributed by atoms with Crippen LogP contribution >= 0.6 is 0 Å². The lowest BCUT2D eigenvalue weighted by Crippen LogP contribution is -2.44. The first-order valence-corrected chi connectivity index (χ1v) is 4.14. The molecule has 0 N–H and O–H groups in total. The molecule has 2 aliphatic heterocycles.